The Morgan fingerprint density at radius 3 is 1.88 bits per heavy atom. The Morgan fingerprint density at radius 2 is 1.02 bits per heavy atom. The van der Waals surface area contributed by atoms with Gasteiger partial charge in [-0.3, -0.25) is 4.57 Å². The lowest BCUT2D eigenvalue weighted by Gasteiger charge is -2.32. The van der Waals surface area contributed by atoms with E-state index in [1.165, 1.54) is 97.8 Å². The average Bonchev–Trinajstić information content (AvgIpc) is 3.79. The summed E-state index contributed by atoms with van der Waals surface area (Å²) in [6.45, 7) is 2.37. The molecule has 10 aromatic carbocycles. The Hall–Kier alpha value is -7.49. The quantitative estimate of drug-likeness (QED) is 0.157. The van der Waals surface area contributed by atoms with E-state index in [2.05, 4.69) is 210 Å². The van der Waals surface area contributed by atoms with Crippen LogP contribution in [0.3, 0.4) is 0 Å². The Balaban J connectivity index is 1.06. The van der Waals surface area contributed by atoms with Crippen LogP contribution in [0.25, 0.3) is 92.4 Å². The first kappa shape index (κ1) is 32.6. The second-order valence-corrected chi connectivity index (χ2v) is 16.3. The molecule has 13 rings (SSSR count). The van der Waals surface area contributed by atoms with Gasteiger partial charge in [-0.1, -0.05) is 153 Å². The van der Waals surface area contributed by atoms with Gasteiger partial charge in [-0.05, 0) is 103 Å². The monoisotopic (exact) mass is 751 g/mol. The summed E-state index contributed by atoms with van der Waals surface area (Å²) in [5.41, 5.74) is 9.54. The van der Waals surface area contributed by atoms with Crippen molar-refractivity contribution in [2.24, 2.45) is 10.9 Å². The number of nitrogens with zero attached hydrogens (tertiary/aromatic N) is 3. The molecular weight excluding hydrogens is 715 g/mol. The van der Waals surface area contributed by atoms with E-state index in [0.717, 1.165) is 17.2 Å². The van der Waals surface area contributed by atoms with Crippen molar-refractivity contribution in [2.45, 2.75) is 12.8 Å². The number of aliphatic imine (C=N–C) groups is 1. The molecule has 59 heavy (non-hydrogen) atoms. The molecule has 2 atom stereocenters. The first-order valence-corrected chi connectivity index (χ1v) is 20.7. The van der Waals surface area contributed by atoms with Crippen molar-refractivity contribution in [1.29, 1.82) is 0 Å². The summed E-state index contributed by atoms with van der Waals surface area (Å²) in [6, 6.07) is 71.8. The first-order chi connectivity index (χ1) is 29.2. The first-order valence-electron chi connectivity index (χ1n) is 20.7. The van der Waals surface area contributed by atoms with Gasteiger partial charge in [-0.15, -0.1) is 0 Å². The standard InChI is InChI=1S/C56H37N3/c1-34-54(40-24-27-43-39(30-40)23-22-35-12-4-6-16-42(35)43)46-19-8-10-20-49(46)57-56(34)59-51-29-26-41(33-48(51)55-44-17-7-5-13-36(44)25-28-52(55)59)58-50-21-11-9-18-45(50)47-31-37-14-2-3-15-38(37)32-53(47)58/h2-34,54H,1H3. The maximum Gasteiger partial charge on any atom is 0.118 e. The maximum absolute atomic E-state index is 5.59. The van der Waals surface area contributed by atoms with Crippen molar-refractivity contribution in [3.05, 3.63) is 205 Å². The van der Waals surface area contributed by atoms with Crippen LogP contribution in [0.4, 0.5) is 5.69 Å². The highest BCUT2D eigenvalue weighted by atomic mass is 15.1. The van der Waals surface area contributed by atoms with Crippen molar-refractivity contribution in [2.75, 3.05) is 0 Å². The molecule has 1 aliphatic heterocycles. The largest absolute Gasteiger partial charge is 0.309 e. The van der Waals surface area contributed by atoms with Crippen LogP contribution in [0.15, 0.2) is 199 Å². The van der Waals surface area contributed by atoms with Crippen molar-refractivity contribution in [3.8, 4) is 5.69 Å². The van der Waals surface area contributed by atoms with Crippen molar-refractivity contribution in [1.82, 2.24) is 9.13 Å². The summed E-state index contributed by atoms with van der Waals surface area (Å²) in [5.74, 6) is 1.27. The molecule has 0 saturated heterocycles. The van der Waals surface area contributed by atoms with Crippen molar-refractivity contribution < 1.29 is 0 Å². The molecule has 0 N–H and O–H groups in total. The van der Waals surface area contributed by atoms with Crippen molar-refractivity contribution >= 4 is 98.2 Å². The molecule has 2 aromatic heterocycles. The molecular formula is C56H37N3. The summed E-state index contributed by atoms with van der Waals surface area (Å²) in [6.07, 6.45) is 0. The van der Waals surface area contributed by atoms with Crippen LogP contribution >= 0.6 is 0 Å². The Morgan fingerprint density at radius 1 is 0.390 bits per heavy atom. The Labute approximate surface area is 340 Å². The van der Waals surface area contributed by atoms with Crippen LogP contribution in [-0.2, 0) is 0 Å². The van der Waals surface area contributed by atoms with E-state index in [1.54, 1.807) is 0 Å². The highest BCUT2D eigenvalue weighted by Crippen LogP contribution is 2.46. The van der Waals surface area contributed by atoms with Gasteiger partial charge in [0.1, 0.15) is 5.84 Å². The second kappa shape index (κ2) is 12.3. The van der Waals surface area contributed by atoms with E-state index in [0.29, 0.717) is 0 Å². The van der Waals surface area contributed by atoms with E-state index in [-0.39, 0.29) is 11.8 Å². The number of benzene rings is 10. The molecule has 2 unspecified atom stereocenters. The van der Waals surface area contributed by atoms with E-state index in [9.17, 15) is 0 Å². The van der Waals surface area contributed by atoms with Gasteiger partial charge in [0, 0.05) is 39.1 Å². The minimum atomic E-state index is 0.0818. The SMILES string of the molecule is CC1C(n2c3ccc(-n4c5ccccc5c5cc6ccccc6cc54)cc3c3c4ccccc4ccc32)=Nc2ccccc2C1c1ccc2c(ccc3ccccc32)c1. The summed E-state index contributed by atoms with van der Waals surface area (Å²) in [4.78, 5) is 5.59. The van der Waals surface area contributed by atoms with Gasteiger partial charge in [0.2, 0.25) is 0 Å². The third-order valence-electron chi connectivity index (χ3n) is 13.2. The molecule has 0 aliphatic carbocycles. The van der Waals surface area contributed by atoms with E-state index < -0.39 is 0 Å². The van der Waals surface area contributed by atoms with E-state index in [4.69, 9.17) is 4.99 Å². The highest BCUT2D eigenvalue weighted by Gasteiger charge is 2.34. The number of rotatable bonds is 2. The normalized spacial score (nSPS) is 15.6. The minimum absolute atomic E-state index is 0.0818. The molecule has 3 heterocycles. The van der Waals surface area contributed by atoms with Crippen LogP contribution in [0.5, 0.6) is 0 Å². The third-order valence-corrected chi connectivity index (χ3v) is 13.2. The molecule has 1 aliphatic rings. The number of para-hydroxylation sites is 2. The molecule has 12 aromatic rings. The molecule has 3 heteroatoms. The average molecular weight is 752 g/mol. The Kier molecular flexibility index (Phi) is 6.77. The lowest BCUT2D eigenvalue weighted by Crippen LogP contribution is -2.29. The van der Waals surface area contributed by atoms with Gasteiger partial charge in [-0.25, -0.2) is 4.99 Å². The van der Waals surface area contributed by atoms with Gasteiger partial charge >= 0.3 is 0 Å². The predicted molar refractivity (Wildman–Crippen MR) is 250 cm³/mol. The molecule has 0 fully saturated rings. The fourth-order valence-corrected chi connectivity index (χ4v) is 10.5. The molecule has 0 amide bonds. The minimum Gasteiger partial charge on any atom is -0.309 e. The third kappa shape index (κ3) is 4.67. The summed E-state index contributed by atoms with van der Waals surface area (Å²) in [5, 5.41) is 15.1. The van der Waals surface area contributed by atoms with Gasteiger partial charge in [0.25, 0.3) is 0 Å². The summed E-state index contributed by atoms with van der Waals surface area (Å²) >= 11 is 0. The van der Waals surface area contributed by atoms with Crippen LogP contribution in [0, 0.1) is 5.92 Å². The highest BCUT2D eigenvalue weighted by molar-refractivity contribution is 6.25. The molecule has 276 valence electrons. The van der Waals surface area contributed by atoms with Gasteiger partial charge in [0.15, 0.2) is 0 Å². The number of aromatic nitrogens is 2. The topological polar surface area (TPSA) is 22.2 Å². The maximum atomic E-state index is 5.59. The fraction of sp³-hybridized carbons (Fsp3) is 0.0536. The Bertz CT molecular complexity index is 3770. The van der Waals surface area contributed by atoms with Gasteiger partial charge in [0.05, 0.1) is 27.8 Å². The zero-order valence-corrected chi connectivity index (χ0v) is 32.5. The van der Waals surface area contributed by atoms with E-state index in [1.807, 2.05) is 0 Å². The number of hydrogen-bond acceptors (Lipinski definition) is 1. The predicted octanol–water partition coefficient (Wildman–Crippen LogP) is 14.9. The van der Waals surface area contributed by atoms with Crippen LogP contribution < -0.4 is 0 Å². The number of fused-ring (bicyclic) bond motifs is 13. The van der Waals surface area contributed by atoms with Gasteiger partial charge in [-0.2, -0.15) is 0 Å². The number of hydrogen-bond donors (Lipinski definition) is 0. The van der Waals surface area contributed by atoms with Gasteiger partial charge < -0.3 is 4.57 Å². The molecule has 0 saturated carbocycles. The second-order valence-electron chi connectivity index (χ2n) is 16.3. The smallest absolute Gasteiger partial charge is 0.118 e. The molecule has 0 spiro atoms. The lowest BCUT2D eigenvalue weighted by molar-refractivity contribution is 0.635. The zero-order valence-electron chi connectivity index (χ0n) is 32.5. The molecule has 3 nitrogen and oxygen atoms in total. The molecule has 0 radical (unpaired) electrons. The van der Waals surface area contributed by atoms with Crippen LogP contribution in [0.2, 0.25) is 0 Å². The van der Waals surface area contributed by atoms with Crippen LogP contribution in [-0.4, -0.2) is 15.0 Å². The molecule has 0 bridgehead atoms. The van der Waals surface area contributed by atoms with Crippen LogP contribution in [0.1, 0.15) is 24.0 Å². The summed E-state index contributed by atoms with van der Waals surface area (Å²) in [7, 11) is 0. The van der Waals surface area contributed by atoms with E-state index >= 15 is 0 Å². The summed E-state index contributed by atoms with van der Waals surface area (Å²) < 4.78 is 4.93. The van der Waals surface area contributed by atoms with Crippen molar-refractivity contribution in [3.63, 3.8) is 0 Å². The fourth-order valence-electron chi connectivity index (χ4n) is 10.5. The lowest BCUT2D eigenvalue weighted by atomic mass is 9.77. The zero-order chi connectivity index (χ0) is 38.8.